The van der Waals surface area contributed by atoms with Crippen LogP contribution in [0.1, 0.15) is 0 Å². The molecule has 4 heterocycles. The highest BCUT2D eigenvalue weighted by molar-refractivity contribution is 5.94. The molecule has 0 atom stereocenters. The van der Waals surface area contributed by atoms with E-state index in [9.17, 15) is 4.39 Å². The van der Waals surface area contributed by atoms with Gasteiger partial charge in [-0.25, -0.2) is 14.4 Å². The van der Waals surface area contributed by atoms with Crippen molar-refractivity contribution in [3.8, 4) is 33.6 Å². The minimum absolute atomic E-state index is 0.00541. The number of aliphatic hydroxyl groups excluding tert-OH is 1. The molecule has 6 nitrogen and oxygen atoms in total. The summed E-state index contributed by atoms with van der Waals surface area (Å²) in [5, 5.41) is 14.1. The maximum absolute atomic E-state index is 14.5. The summed E-state index contributed by atoms with van der Waals surface area (Å²) in [5.74, 6) is -0.337. The number of nitrogens with zero attached hydrogens (tertiary/aromatic N) is 5. The van der Waals surface area contributed by atoms with Crippen molar-refractivity contribution in [1.29, 1.82) is 0 Å². The predicted octanol–water partition coefficient (Wildman–Crippen LogP) is 4.91. The predicted molar refractivity (Wildman–Crippen MR) is 126 cm³/mol. The SMILES string of the molecule is OC/C=C/Cn1cc(-c2ccnc(-c3cc(-c4ccccc4F)nc4ncccc34)c2)cn1. The molecule has 0 fully saturated rings. The Hall–Kier alpha value is -4.23. The first-order valence-electron chi connectivity index (χ1n) is 10.5. The van der Waals surface area contributed by atoms with Crippen LogP contribution in [-0.2, 0) is 6.54 Å². The Morgan fingerprint density at radius 3 is 2.67 bits per heavy atom. The van der Waals surface area contributed by atoms with E-state index in [1.54, 1.807) is 47.5 Å². The van der Waals surface area contributed by atoms with Crippen molar-refractivity contribution < 1.29 is 9.50 Å². The maximum Gasteiger partial charge on any atom is 0.160 e. The van der Waals surface area contributed by atoms with Crippen LogP contribution in [0, 0.1) is 5.82 Å². The Kier molecular flexibility index (Phi) is 5.70. The van der Waals surface area contributed by atoms with Crippen LogP contribution in [0.5, 0.6) is 0 Å². The summed E-state index contributed by atoms with van der Waals surface area (Å²) in [5.41, 5.74) is 4.92. The highest BCUT2D eigenvalue weighted by Gasteiger charge is 2.14. The maximum atomic E-state index is 14.5. The van der Waals surface area contributed by atoms with Crippen molar-refractivity contribution >= 4 is 11.0 Å². The van der Waals surface area contributed by atoms with Gasteiger partial charge in [-0.1, -0.05) is 24.3 Å². The summed E-state index contributed by atoms with van der Waals surface area (Å²) in [7, 11) is 0. The Labute approximate surface area is 189 Å². The fourth-order valence-electron chi connectivity index (χ4n) is 3.70. The highest BCUT2D eigenvalue weighted by atomic mass is 19.1. The lowest BCUT2D eigenvalue weighted by Crippen LogP contribution is -1.95. The minimum Gasteiger partial charge on any atom is -0.392 e. The number of halogens is 1. The highest BCUT2D eigenvalue weighted by Crippen LogP contribution is 2.33. The summed E-state index contributed by atoms with van der Waals surface area (Å²) in [6.45, 7) is 0.580. The van der Waals surface area contributed by atoms with Crippen LogP contribution in [0.4, 0.5) is 4.39 Å². The molecule has 0 unspecified atom stereocenters. The Morgan fingerprint density at radius 2 is 1.79 bits per heavy atom. The zero-order chi connectivity index (χ0) is 22.6. The molecule has 0 aliphatic rings. The number of fused-ring (bicyclic) bond motifs is 1. The van der Waals surface area contributed by atoms with Gasteiger partial charge >= 0.3 is 0 Å². The summed E-state index contributed by atoms with van der Waals surface area (Å²) in [4.78, 5) is 13.6. The van der Waals surface area contributed by atoms with Crippen LogP contribution in [-0.4, -0.2) is 36.4 Å². The minimum atomic E-state index is -0.337. The first-order chi connectivity index (χ1) is 16.2. The van der Waals surface area contributed by atoms with Crippen molar-refractivity contribution in [3.05, 3.63) is 97.4 Å². The van der Waals surface area contributed by atoms with E-state index in [0.29, 0.717) is 23.4 Å². The average Bonchev–Trinajstić information content (AvgIpc) is 3.33. The third-order valence-electron chi connectivity index (χ3n) is 5.30. The topological polar surface area (TPSA) is 76.7 Å². The number of aromatic nitrogens is 5. The monoisotopic (exact) mass is 437 g/mol. The summed E-state index contributed by atoms with van der Waals surface area (Å²) < 4.78 is 16.3. The Bertz CT molecular complexity index is 1460. The van der Waals surface area contributed by atoms with Gasteiger partial charge in [0.2, 0.25) is 0 Å². The second-order valence-electron chi connectivity index (χ2n) is 7.44. The molecule has 33 heavy (non-hydrogen) atoms. The van der Waals surface area contributed by atoms with Crippen molar-refractivity contribution in [2.45, 2.75) is 6.54 Å². The Balaban J connectivity index is 1.60. The molecule has 1 N–H and O–H groups in total. The van der Waals surface area contributed by atoms with Gasteiger partial charge in [-0.05, 0) is 48.0 Å². The molecule has 0 amide bonds. The zero-order valence-corrected chi connectivity index (χ0v) is 17.6. The second kappa shape index (κ2) is 9.10. The van der Waals surface area contributed by atoms with Gasteiger partial charge in [0.15, 0.2) is 5.65 Å². The van der Waals surface area contributed by atoms with Crippen molar-refractivity contribution in [1.82, 2.24) is 24.7 Å². The number of allylic oxidation sites excluding steroid dienone is 1. The number of aliphatic hydroxyl groups is 1. The van der Waals surface area contributed by atoms with E-state index in [0.717, 1.165) is 27.8 Å². The van der Waals surface area contributed by atoms with Gasteiger partial charge in [-0.2, -0.15) is 5.10 Å². The lowest BCUT2D eigenvalue weighted by atomic mass is 10.0. The van der Waals surface area contributed by atoms with Gasteiger partial charge < -0.3 is 5.11 Å². The molecule has 162 valence electrons. The molecule has 1 aromatic carbocycles. The van der Waals surface area contributed by atoms with Crippen LogP contribution in [0.25, 0.3) is 44.7 Å². The number of hydrogen-bond donors (Lipinski definition) is 1. The molecule has 0 radical (unpaired) electrons. The van der Waals surface area contributed by atoms with E-state index in [1.165, 1.54) is 6.07 Å². The van der Waals surface area contributed by atoms with Gasteiger partial charge in [0.1, 0.15) is 5.82 Å². The van der Waals surface area contributed by atoms with Gasteiger partial charge in [0.25, 0.3) is 0 Å². The summed E-state index contributed by atoms with van der Waals surface area (Å²) in [6.07, 6.45) is 10.7. The summed E-state index contributed by atoms with van der Waals surface area (Å²) >= 11 is 0. The molecule has 5 aromatic rings. The van der Waals surface area contributed by atoms with E-state index in [1.807, 2.05) is 42.6 Å². The molecule has 5 rings (SSSR count). The smallest absolute Gasteiger partial charge is 0.160 e. The first-order valence-corrected chi connectivity index (χ1v) is 10.5. The third-order valence-corrected chi connectivity index (χ3v) is 5.30. The van der Waals surface area contributed by atoms with E-state index in [-0.39, 0.29) is 12.4 Å². The van der Waals surface area contributed by atoms with Crippen LogP contribution in [0.2, 0.25) is 0 Å². The quantitative estimate of drug-likeness (QED) is 0.382. The molecule has 0 spiro atoms. The van der Waals surface area contributed by atoms with E-state index < -0.39 is 0 Å². The molecule has 0 bridgehead atoms. The molecule has 0 saturated carbocycles. The van der Waals surface area contributed by atoms with Crippen LogP contribution < -0.4 is 0 Å². The molecular formula is C26H20FN5O. The standard InChI is InChI=1S/C26H20FN5O/c27-23-8-2-1-6-21(23)25-15-22(20-7-5-10-29-26(20)31-25)24-14-18(9-11-28-24)19-16-30-32(17-19)12-3-4-13-33/h1-11,14-17,33H,12-13H2/b4-3+. The average molecular weight is 437 g/mol. The van der Waals surface area contributed by atoms with Crippen molar-refractivity contribution in [2.75, 3.05) is 6.61 Å². The fourth-order valence-corrected chi connectivity index (χ4v) is 3.70. The number of pyridine rings is 3. The van der Waals surface area contributed by atoms with Gasteiger partial charge in [-0.15, -0.1) is 0 Å². The second-order valence-corrected chi connectivity index (χ2v) is 7.44. The van der Waals surface area contributed by atoms with E-state index >= 15 is 0 Å². The first kappa shape index (κ1) is 20.7. The van der Waals surface area contributed by atoms with Crippen molar-refractivity contribution in [2.24, 2.45) is 0 Å². The largest absolute Gasteiger partial charge is 0.392 e. The summed E-state index contributed by atoms with van der Waals surface area (Å²) in [6, 6.07) is 16.1. The fraction of sp³-hybridized carbons (Fsp3) is 0.0769. The van der Waals surface area contributed by atoms with E-state index in [4.69, 9.17) is 5.11 Å². The third kappa shape index (κ3) is 4.26. The van der Waals surface area contributed by atoms with E-state index in [2.05, 4.69) is 20.1 Å². The Morgan fingerprint density at radius 1 is 0.879 bits per heavy atom. The number of rotatable bonds is 6. The van der Waals surface area contributed by atoms with Crippen molar-refractivity contribution in [3.63, 3.8) is 0 Å². The van der Waals surface area contributed by atoms with Crippen LogP contribution >= 0.6 is 0 Å². The molecular weight excluding hydrogens is 417 g/mol. The zero-order valence-electron chi connectivity index (χ0n) is 17.6. The number of benzene rings is 1. The van der Waals surface area contributed by atoms with Gasteiger partial charge in [0.05, 0.1) is 30.7 Å². The van der Waals surface area contributed by atoms with Gasteiger partial charge in [-0.3, -0.25) is 9.67 Å². The molecule has 0 saturated heterocycles. The van der Waals surface area contributed by atoms with Crippen LogP contribution in [0.3, 0.4) is 0 Å². The number of hydrogen-bond acceptors (Lipinski definition) is 5. The lowest BCUT2D eigenvalue weighted by Gasteiger charge is -2.10. The lowest BCUT2D eigenvalue weighted by molar-refractivity contribution is 0.342. The normalized spacial score (nSPS) is 11.5. The molecule has 4 aromatic heterocycles. The molecule has 0 aliphatic heterocycles. The van der Waals surface area contributed by atoms with Crippen LogP contribution in [0.15, 0.2) is 91.5 Å². The van der Waals surface area contributed by atoms with Gasteiger partial charge in [0, 0.05) is 40.7 Å². The molecule has 0 aliphatic carbocycles. The molecule has 7 heteroatoms.